The van der Waals surface area contributed by atoms with Crippen molar-refractivity contribution in [3.63, 3.8) is 0 Å². The van der Waals surface area contributed by atoms with E-state index in [2.05, 4.69) is 10.3 Å². The van der Waals surface area contributed by atoms with Crippen LogP contribution in [0, 0.1) is 0 Å². The van der Waals surface area contributed by atoms with Crippen molar-refractivity contribution in [2.24, 2.45) is 0 Å². The van der Waals surface area contributed by atoms with Crippen LogP contribution in [0.2, 0.25) is 0 Å². The second-order valence-electron chi connectivity index (χ2n) is 8.06. The molecule has 3 heterocycles. The van der Waals surface area contributed by atoms with E-state index < -0.39 is 24.5 Å². The number of fused-ring (bicyclic) bond motifs is 2. The number of carbonyl (C=O) groups is 2. The number of methoxy groups -OCH3 is 2. The predicted molar refractivity (Wildman–Crippen MR) is 126 cm³/mol. The van der Waals surface area contributed by atoms with Gasteiger partial charge in [0.25, 0.3) is 11.8 Å². The quantitative estimate of drug-likeness (QED) is 0.312. The fraction of sp³-hybridized carbons (Fsp3) is 0.200. The normalized spacial score (nSPS) is 14.8. The van der Waals surface area contributed by atoms with Gasteiger partial charge in [-0.1, -0.05) is 0 Å². The van der Waals surface area contributed by atoms with Gasteiger partial charge < -0.3 is 29.2 Å². The van der Waals surface area contributed by atoms with Gasteiger partial charge in [-0.05, 0) is 36.4 Å². The fourth-order valence-electron chi connectivity index (χ4n) is 4.44. The van der Waals surface area contributed by atoms with E-state index in [0.717, 1.165) is 16.4 Å². The number of imide groups is 1. The number of H-pyrrole nitrogens is 1. The SMILES string of the molecule is COc1ccc2[nH]cc(C3=C(c4cn(CC(O)CO)c5ccc(OC)cc45)C(=O)NC3=O)c2c1. The molecule has 1 atom stereocenters. The molecule has 2 aromatic heterocycles. The van der Waals surface area contributed by atoms with Gasteiger partial charge in [-0.25, -0.2) is 0 Å². The van der Waals surface area contributed by atoms with E-state index in [4.69, 9.17) is 9.47 Å². The second-order valence-corrected chi connectivity index (χ2v) is 8.06. The first-order valence-electron chi connectivity index (χ1n) is 10.7. The zero-order chi connectivity index (χ0) is 24.0. The number of ether oxygens (including phenoxy) is 2. The fourth-order valence-corrected chi connectivity index (χ4v) is 4.44. The molecule has 2 amide bonds. The lowest BCUT2D eigenvalue weighted by molar-refractivity contribution is -0.122. The minimum Gasteiger partial charge on any atom is -0.497 e. The van der Waals surface area contributed by atoms with Crippen LogP contribution in [-0.2, 0) is 16.1 Å². The van der Waals surface area contributed by atoms with Crippen LogP contribution in [0.5, 0.6) is 11.5 Å². The van der Waals surface area contributed by atoms with E-state index in [1.807, 2.05) is 24.3 Å². The second kappa shape index (κ2) is 8.36. The summed E-state index contributed by atoms with van der Waals surface area (Å²) in [5.41, 5.74) is 3.09. The van der Waals surface area contributed by atoms with E-state index in [9.17, 15) is 19.8 Å². The maximum absolute atomic E-state index is 13.1. The standard InChI is InChI=1S/C25H23N3O6/c1-33-14-3-5-20-16(7-14)18(9-26-20)22-23(25(32)27-24(22)31)19-11-28(10-13(30)12-29)21-6-4-15(34-2)8-17(19)21/h3-9,11,13,26,29-30H,10,12H2,1-2H3,(H,27,31,32). The van der Waals surface area contributed by atoms with Crippen LogP contribution < -0.4 is 14.8 Å². The zero-order valence-corrected chi connectivity index (χ0v) is 18.6. The Labute approximate surface area is 194 Å². The highest BCUT2D eigenvalue weighted by Crippen LogP contribution is 2.39. The lowest BCUT2D eigenvalue weighted by atomic mass is 9.95. The maximum atomic E-state index is 13.1. The molecule has 0 aliphatic carbocycles. The van der Waals surface area contributed by atoms with Gasteiger partial charge in [-0.2, -0.15) is 0 Å². The summed E-state index contributed by atoms with van der Waals surface area (Å²) in [6.45, 7) is -0.295. The highest BCUT2D eigenvalue weighted by atomic mass is 16.5. The van der Waals surface area contributed by atoms with Crippen molar-refractivity contribution < 1.29 is 29.3 Å². The highest BCUT2D eigenvalue weighted by molar-refractivity contribution is 6.50. The first kappa shape index (κ1) is 21.7. The average molecular weight is 461 g/mol. The Morgan fingerprint density at radius 1 is 0.941 bits per heavy atom. The molecule has 0 saturated heterocycles. The molecule has 1 unspecified atom stereocenters. The molecule has 9 nitrogen and oxygen atoms in total. The van der Waals surface area contributed by atoms with E-state index in [1.165, 1.54) is 0 Å². The molecule has 9 heteroatoms. The monoisotopic (exact) mass is 461 g/mol. The molecule has 0 spiro atoms. The number of hydrogen-bond acceptors (Lipinski definition) is 6. The molecule has 34 heavy (non-hydrogen) atoms. The molecular formula is C25H23N3O6. The summed E-state index contributed by atoms with van der Waals surface area (Å²) < 4.78 is 12.5. The molecule has 4 aromatic rings. The largest absolute Gasteiger partial charge is 0.497 e. The Morgan fingerprint density at radius 2 is 1.59 bits per heavy atom. The number of hydrogen-bond donors (Lipinski definition) is 4. The summed E-state index contributed by atoms with van der Waals surface area (Å²) >= 11 is 0. The summed E-state index contributed by atoms with van der Waals surface area (Å²) in [4.78, 5) is 29.2. The Kier molecular flexibility index (Phi) is 5.35. The summed E-state index contributed by atoms with van der Waals surface area (Å²) in [5, 5.41) is 23.2. The van der Waals surface area contributed by atoms with Gasteiger partial charge in [-0.15, -0.1) is 0 Å². The number of nitrogens with one attached hydrogen (secondary N) is 2. The number of rotatable bonds is 7. The average Bonchev–Trinajstić information content (AvgIpc) is 3.50. The summed E-state index contributed by atoms with van der Waals surface area (Å²) in [6, 6.07) is 10.8. The van der Waals surface area contributed by atoms with E-state index in [-0.39, 0.29) is 17.7 Å². The van der Waals surface area contributed by atoms with Crippen molar-refractivity contribution in [1.82, 2.24) is 14.9 Å². The third-order valence-corrected chi connectivity index (χ3v) is 6.07. The third-order valence-electron chi connectivity index (χ3n) is 6.07. The van der Waals surface area contributed by atoms with E-state index in [0.29, 0.717) is 28.0 Å². The maximum Gasteiger partial charge on any atom is 0.259 e. The lowest BCUT2D eigenvalue weighted by Crippen LogP contribution is -2.22. The molecule has 174 valence electrons. The van der Waals surface area contributed by atoms with Crippen molar-refractivity contribution in [1.29, 1.82) is 0 Å². The molecule has 5 rings (SSSR count). The van der Waals surface area contributed by atoms with Crippen LogP contribution >= 0.6 is 0 Å². The molecule has 0 saturated carbocycles. The van der Waals surface area contributed by atoms with Gasteiger partial charge in [0.1, 0.15) is 11.5 Å². The van der Waals surface area contributed by atoms with Gasteiger partial charge in [0.2, 0.25) is 0 Å². The van der Waals surface area contributed by atoms with Gasteiger partial charge in [0.05, 0.1) is 44.6 Å². The van der Waals surface area contributed by atoms with Gasteiger partial charge in [0.15, 0.2) is 0 Å². The molecule has 0 fully saturated rings. The number of aliphatic hydroxyl groups is 2. The van der Waals surface area contributed by atoms with Crippen molar-refractivity contribution in [2.75, 3.05) is 20.8 Å². The molecule has 4 N–H and O–H groups in total. The number of aromatic amines is 1. The van der Waals surface area contributed by atoms with Crippen LogP contribution in [0.3, 0.4) is 0 Å². The van der Waals surface area contributed by atoms with Gasteiger partial charge >= 0.3 is 0 Å². The molecule has 0 radical (unpaired) electrons. The highest BCUT2D eigenvalue weighted by Gasteiger charge is 2.35. The Balaban J connectivity index is 1.79. The number of amides is 2. The first-order valence-corrected chi connectivity index (χ1v) is 10.7. The van der Waals surface area contributed by atoms with Crippen molar-refractivity contribution in [3.8, 4) is 11.5 Å². The first-order chi connectivity index (χ1) is 16.4. The topological polar surface area (TPSA) is 126 Å². The van der Waals surface area contributed by atoms with E-state index >= 15 is 0 Å². The number of nitrogens with zero attached hydrogens (tertiary/aromatic N) is 1. The smallest absolute Gasteiger partial charge is 0.259 e. The minimum absolute atomic E-state index is 0.113. The van der Waals surface area contributed by atoms with Crippen molar-refractivity contribution in [2.45, 2.75) is 12.6 Å². The summed E-state index contributed by atoms with van der Waals surface area (Å²) in [6.07, 6.45) is 2.43. The molecular weight excluding hydrogens is 438 g/mol. The number of benzene rings is 2. The van der Waals surface area contributed by atoms with E-state index in [1.54, 1.807) is 43.3 Å². The Morgan fingerprint density at radius 3 is 2.26 bits per heavy atom. The van der Waals surface area contributed by atoms with Crippen LogP contribution in [-0.4, -0.2) is 58.5 Å². The van der Waals surface area contributed by atoms with Crippen LogP contribution in [0.4, 0.5) is 0 Å². The number of aromatic nitrogens is 2. The Bertz CT molecular complexity index is 1480. The van der Waals surface area contributed by atoms with Crippen LogP contribution in [0.25, 0.3) is 33.0 Å². The third kappa shape index (κ3) is 3.42. The van der Waals surface area contributed by atoms with Crippen LogP contribution in [0.1, 0.15) is 11.1 Å². The number of aliphatic hydroxyl groups excluding tert-OH is 2. The lowest BCUT2D eigenvalue weighted by Gasteiger charge is -2.09. The summed E-state index contributed by atoms with van der Waals surface area (Å²) in [7, 11) is 3.11. The minimum atomic E-state index is -0.987. The summed E-state index contributed by atoms with van der Waals surface area (Å²) in [5.74, 6) is 0.196. The van der Waals surface area contributed by atoms with Crippen LogP contribution in [0.15, 0.2) is 48.8 Å². The molecule has 2 aromatic carbocycles. The van der Waals surface area contributed by atoms with Crippen molar-refractivity contribution >= 4 is 44.8 Å². The van der Waals surface area contributed by atoms with Gasteiger partial charge in [-0.3, -0.25) is 14.9 Å². The van der Waals surface area contributed by atoms with Gasteiger partial charge in [0, 0.05) is 45.3 Å². The molecule has 0 bridgehead atoms. The van der Waals surface area contributed by atoms with Crippen molar-refractivity contribution in [3.05, 3.63) is 59.9 Å². The molecule has 1 aliphatic heterocycles. The number of carbonyl (C=O) groups excluding carboxylic acids is 2. The zero-order valence-electron chi connectivity index (χ0n) is 18.6. The molecule has 1 aliphatic rings. The Hall–Kier alpha value is -4.08. The predicted octanol–water partition coefficient (Wildman–Crippen LogP) is 2.06.